The Labute approximate surface area is 99.0 Å². The van der Waals surface area contributed by atoms with E-state index >= 15 is 0 Å². The largest absolute Gasteiger partial charge is 0.322 e. The Kier molecular flexibility index (Phi) is 3.88. The summed E-state index contributed by atoms with van der Waals surface area (Å²) in [7, 11) is 1.66. The molecule has 1 rings (SSSR count). The van der Waals surface area contributed by atoms with Gasteiger partial charge in [0, 0.05) is 5.02 Å². The van der Waals surface area contributed by atoms with Gasteiger partial charge in [-0.25, -0.2) is 4.39 Å². The van der Waals surface area contributed by atoms with Crippen molar-refractivity contribution < 1.29 is 9.18 Å². The number of nitrogens with one attached hydrogen (secondary N) is 2. The molecule has 0 fully saturated rings. The molecule has 88 valence electrons. The minimum atomic E-state index is -0.769. The van der Waals surface area contributed by atoms with Crippen LogP contribution in [-0.4, -0.2) is 18.5 Å². The van der Waals surface area contributed by atoms with Crippen LogP contribution in [0.15, 0.2) is 18.2 Å². The second-order valence-corrected chi connectivity index (χ2v) is 4.39. The first-order chi connectivity index (χ1) is 7.36. The summed E-state index contributed by atoms with van der Waals surface area (Å²) < 4.78 is 13.3. The smallest absolute Gasteiger partial charge is 0.244 e. The quantitative estimate of drug-likeness (QED) is 0.857. The molecule has 0 radical (unpaired) electrons. The third-order valence-electron chi connectivity index (χ3n) is 2.37. The second kappa shape index (κ2) is 4.80. The van der Waals surface area contributed by atoms with Gasteiger partial charge in [0.2, 0.25) is 5.91 Å². The van der Waals surface area contributed by atoms with Crippen molar-refractivity contribution in [1.82, 2.24) is 5.32 Å². The van der Waals surface area contributed by atoms with E-state index in [9.17, 15) is 9.18 Å². The van der Waals surface area contributed by atoms with Crippen molar-refractivity contribution in [2.75, 3.05) is 12.4 Å². The summed E-state index contributed by atoms with van der Waals surface area (Å²) in [4.78, 5) is 11.7. The molecule has 0 spiro atoms. The van der Waals surface area contributed by atoms with Crippen molar-refractivity contribution >= 4 is 23.2 Å². The van der Waals surface area contributed by atoms with Crippen molar-refractivity contribution in [3.8, 4) is 0 Å². The van der Waals surface area contributed by atoms with Gasteiger partial charge in [-0.3, -0.25) is 4.79 Å². The van der Waals surface area contributed by atoms with Gasteiger partial charge in [0.25, 0.3) is 0 Å². The number of hydrogen-bond donors (Lipinski definition) is 2. The van der Waals surface area contributed by atoms with Gasteiger partial charge in [-0.2, -0.15) is 0 Å². The highest BCUT2D eigenvalue weighted by atomic mass is 35.5. The van der Waals surface area contributed by atoms with E-state index in [1.54, 1.807) is 20.9 Å². The van der Waals surface area contributed by atoms with Crippen LogP contribution in [0.4, 0.5) is 10.1 Å². The second-order valence-electron chi connectivity index (χ2n) is 3.95. The highest BCUT2D eigenvalue weighted by molar-refractivity contribution is 6.30. The van der Waals surface area contributed by atoms with Crippen LogP contribution in [0, 0.1) is 5.82 Å². The topological polar surface area (TPSA) is 41.1 Å². The van der Waals surface area contributed by atoms with Crippen molar-refractivity contribution in [1.29, 1.82) is 0 Å². The lowest BCUT2D eigenvalue weighted by atomic mass is 10.1. The van der Waals surface area contributed by atoms with Crippen LogP contribution in [0.25, 0.3) is 0 Å². The maximum atomic E-state index is 13.3. The SMILES string of the molecule is CNC(C)(C)C(=O)Nc1cc(Cl)ccc1F. The van der Waals surface area contributed by atoms with E-state index in [0.717, 1.165) is 0 Å². The number of amides is 1. The van der Waals surface area contributed by atoms with Crippen LogP contribution in [0.5, 0.6) is 0 Å². The average Bonchev–Trinajstić information content (AvgIpc) is 2.23. The van der Waals surface area contributed by atoms with Crippen molar-refractivity contribution in [2.24, 2.45) is 0 Å². The molecule has 2 N–H and O–H groups in total. The first kappa shape index (κ1) is 12.9. The maximum Gasteiger partial charge on any atom is 0.244 e. The summed E-state index contributed by atoms with van der Waals surface area (Å²) in [5.41, 5.74) is -0.685. The summed E-state index contributed by atoms with van der Waals surface area (Å²) in [5.74, 6) is -0.833. The van der Waals surface area contributed by atoms with Crippen LogP contribution in [-0.2, 0) is 4.79 Å². The Morgan fingerprint density at radius 3 is 2.62 bits per heavy atom. The first-order valence-corrected chi connectivity index (χ1v) is 5.20. The fourth-order valence-electron chi connectivity index (χ4n) is 0.985. The standard InChI is InChI=1S/C11H14ClFN2O/c1-11(2,14-3)10(16)15-9-6-7(12)4-5-8(9)13/h4-6,14H,1-3H3,(H,15,16). The molecule has 16 heavy (non-hydrogen) atoms. The molecule has 0 aliphatic heterocycles. The van der Waals surface area contributed by atoms with E-state index in [1.165, 1.54) is 18.2 Å². The summed E-state index contributed by atoms with van der Waals surface area (Å²) in [6, 6.07) is 4.01. The molecule has 1 aromatic carbocycles. The van der Waals surface area contributed by atoms with E-state index < -0.39 is 11.4 Å². The zero-order valence-corrected chi connectivity index (χ0v) is 10.2. The van der Waals surface area contributed by atoms with Gasteiger partial charge in [-0.1, -0.05) is 11.6 Å². The van der Waals surface area contributed by atoms with Crippen molar-refractivity contribution in [3.63, 3.8) is 0 Å². The molecule has 0 saturated heterocycles. The lowest BCUT2D eigenvalue weighted by Gasteiger charge is -2.22. The number of anilines is 1. The molecule has 5 heteroatoms. The Bertz CT molecular complexity index is 407. The van der Waals surface area contributed by atoms with Crippen molar-refractivity contribution in [3.05, 3.63) is 29.0 Å². The molecule has 0 aliphatic carbocycles. The molecule has 0 heterocycles. The van der Waals surface area contributed by atoms with E-state index in [1.807, 2.05) is 0 Å². The Morgan fingerprint density at radius 2 is 2.06 bits per heavy atom. The summed E-state index contributed by atoms with van der Waals surface area (Å²) >= 11 is 5.71. The number of likely N-dealkylation sites (N-methyl/N-ethyl adjacent to an activating group) is 1. The van der Waals surface area contributed by atoms with E-state index in [2.05, 4.69) is 10.6 Å². The minimum Gasteiger partial charge on any atom is -0.322 e. The van der Waals surface area contributed by atoms with Crippen LogP contribution < -0.4 is 10.6 Å². The maximum absolute atomic E-state index is 13.3. The lowest BCUT2D eigenvalue weighted by Crippen LogP contribution is -2.48. The van der Waals surface area contributed by atoms with Crippen molar-refractivity contribution in [2.45, 2.75) is 19.4 Å². The molecule has 0 atom stereocenters. The Morgan fingerprint density at radius 1 is 1.44 bits per heavy atom. The minimum absolute atomic E-state index is 0.0841. The molecule has 0 aromatic heterocycles. The normalized spacial score (nSPS) is 11.3. The van der Waals surface area contributed by atoms with Gasteiger partial charge < -0.3 is 10.6 Å². The first-order valence-electron chi connectivity index (χ1n) is 4.82. The molecular weight excluding hydrogens is 231 g/mol. The lowest BCUT2D eigenvalue weighted by molar-refractivity contribution is -0.121. The number of rotatable bonds is 3. The Hall–Kier alpha value is -1.13. The summed E-state index contributed by atoms with van der Waals surface area (Å²) in [5, 5.41) is 5.68. The average molecular weight is 245 g/mol. The van der Waals surface area contributed by atoms with Crippen LogP contribution >= 0.6 is 11.6 Å². The predicted octanol–water partition coefficient (Wildman–Crippen LogP) is 2.42. The van der Waals surface area contributed by atoms with Gasteiger partial charge in [-0.05, 0) is 39.1 Å². The number of carbonyl (C=O) groups is 1. The number of benzene rings is 1. The van der Waals surface area contributed by atoms with Gasteiger partial charge in [-0.15, -0.1) is 0 Å². The number of carbonyl (C=O) groups excluding carboxylic acids is 1. The summed E-state index contributed by atoms with van der Waals surface area (Å²) in [6.45, 7) is 3.40. The third-order valence-corrected chi connectivity index (χ3v) is 2.60. The van der Waals surface area contributed by atoms with Gasteiger partial charge in [0.05, 0.1) is 11.2 Å². The molecule has 0 bridgehead atoms. The van der Waals surface area contributed by atoms with Gasteiger partial charge in [0.15, 0.2) is 0 Å². The molecule has 1 aromatic rings. The van der Waals surface area contributed by atoms with Crippen LogP contribution in [0.3, 0.4) is 0 Å². The van der Waals surface area contributed by atoms with Crippen LogP contribution in [0.2, 0.25) is 5.02 Å². The number of halogens is 2. The zero-order chi connectivity index (χ0) is 12.3. The molecule has 0 unspecified atom stereocenters. The molecule has 3 nitrogen and oxygen atoms in total. The molecule has 1 amide bonds. The third kappa shape index (κ3) is 2.93. The Balaban J connectivity index is 2.89. The fraction of sp³-hybridized carbons (Fsp3) is 0.364. The molecular formula is C11H14ClFN2O. The fourth-order valence-corrected chi connectivity index (χ4v) is 1.16. The molecule has 0 saturated carbocycles. The zero-order valence-electron chi connectivity index (χ0n) is 9.40. The monoisotopic (exact) mass is 244 g/mol. The number of hydrogen-bond acceptors (Lipinski definition) is 2. The predicted molar refractivity (Wildman–Crippen MR) is 63.2 cm³/mol. The molecule has 0 aliphatic rings. The van der Waals surface area contributed by atoms with E-state index in [-0.39, 0.29) is 11.6 Å². The summed E-state index contributed by atoms with van der Waals surface area (Å²) in [6.07, 6.45) is 0. The van der Waals surface area contributed by atoms with E-state index in [4.69, 9.17) is 11.6 Å². The van der Waals surface area contributed by atoms with Gasteiger partial charge >= 0.3 is 0 Å². The van der Waals surface area contributed by atoms with Gasteiger partial charge in [0.1, 0.15) is 5.82 Å². The van der Waals surface area contributed by atoms with Crippen LogP contribution in [0.1, 0.15) is 13.8 Å². The highest BCUT2D eigenvalue weighted by Gasteiger charge is 2.25. The van der Waals surface area contributed by atoms with E-state index in [0.29, 0.717) is 5.02 Å². The highest BCUT2D eigenvalue weighted by Crippen LogP contribution is 2.20.